The fourth-order valence-electron chi connectivity index (χ4n) is 4.17. The van der Waals surface area contributed by atoms with Crippen LogP contribution in [0.15, 0.2) is 0 Å². The van der Waals surface area contributed by atoms with Gasteiger partial charge >= 0.3 is 11.9 Å². The van der Waals surface area contributed by atoms with Gasteiger partial charge in [-0.05, 0) is 25.7 Å². The molecule has 4 heteroatoms. The van der Waals surface area contributed by atoms with Crippen LogP contribution in [0, 0.1) is 5.41 Å². The molecule has 0 radical (unpaired) electrons. The second-order valence-electron chi connectivity index (χ2n) is 9.36. The van der Waals surface area contributed by atoms with Crippen molar-refractivity contribution in [2.45, 2.75) is 150 Å². The van der Waals surface area contributed by atoms with Crippen molar-refractivity contribution in [1.82, 2.24) is 0 Å². The summed E-state index contributed by atoms with van der Waals surface area (Å²) in [5.74, 6) is -0.803. The van der Waals surface area contributed by atoms with Crippen LogP contribution >= 0.6 is 0 Å². The molecule has 0 unspecified atom stereocenters. The molecule has 0 bridgehead atoms. The van der Waals surface area contributed by atoms with Crippen molar-refractivity contribution in [2.24, 2.45) is 5.41 Å². The van der Waals surface area contributed by atoms with Gasteiger partial charge in [0.05, 0.1) is 13.2 Å². The zero-order chi connectivity index (χ0) is 23.9. The molecule has 0 amide bonds. The van der Waals surface area contributed by atoms with E-state index in [1.165, 1.54) is 83.5 Å². The molecular weight excluding hydrogens is 400 g/mol. The largest absolute Gasteiger partial charge is 0.465 e. The molecule has 32 heavy (non-hydrogen) atoms. The predicted octanol–water partition coefficient (Wildman–Crippen LogP) is 8.55. The van der Waals surface area contributed by atoms with E-state index in [0.29, 0.717) is 26.1 Å². The van der Waals surface area contributed by atoms with Crippen LogP contribution in [-0.2, 0) is 19.1 Å². The maximum atomic E-state index is 12.7. The molecule has 0 aliphatic heterocycles. The highest BCUT2D eigenvalue weighted by atomic mass is 16.6. The molecule has 0 heterocycles. The molecule has 0 aromatic carbocycles. The summed E-state index contributed by atoms with van der Waals surface area (Å²) in [7, 11) is 0. The highest BCUT2D eigenvalue weighted by Crippen LogP contribution is 2.30. The van der Waals surface area contributed by atoms with Crippen molar-refractivity contribution < 1.29 is 19.1 Å². The molecule has 190 valence electrons. The van der Waals surface area contributed by atoms with Crippen molar-refractivity contribution in [3.05, 3.63) is 0 Å². The lowest BCUT2D eigenvalue weighted by molar-refractivity contribution is -0.173. The van der Waals surface area contributed by atoms with Crippen molar-refractivity contribution in [2.75, 3.05) is 13.2 Å². The standard InChI is InChI=1S/C28H54O4/c1-5-9-11-13-15-16-17-18-19-21-23-25-32-27(30)28(7-3,8-4)26(29)31-24-22-20-14-12-10-6-2/h5-25H2,1-4H3. The number of ether oxygens (including phenoxy) is 2. The Labute approximate surface area is 199 Å². The Kier molecular flexibility index (Phi) is 21.0. The number of hydrogen-bond donors (Lipinski definition) is 0. The highest BCUT2D eigenvalue weighted by Gasteiger charge is 2.45. The number of rotatable bonds is 23. The number of carbonyl (C=O) groups excluding carboxylic acids is 2. The summed E-state index contributed by atoms with van der Waals surface area (Å²) in [6.07, 6.45) is 21.6. The van der Waals surface area contributed by atoms with E-state index in [-0.39, 0.29) is 0 Å². The van der Waals surface area contributed by atoms with E-state index in [0.717, 1.165) is 25.7 Å². The maximum absolute atomic E-state index is 12.7. The molecule has 4 nitrogen and oxygen atoms in total. The highest BCUT2D eigenvalue weighted by molar-refractivity contribution is 5.99. The van der Waals surface area contributed by atoms with E-state index < -0.39 is 17.4 Å². The van der Waals surface area contributed by atoms with Gasteiger partial charge in [0.2, 0.25) is 0 Å². The molecule has 0 fully saturated rings. The second-order valence-corrected chi connectivity index (χ2v) is 9.36. The maximum Gasteiger partial charge on any atom is 0.323 e. The number of carbonyl (C=O) groups is 2. The number of esters is 2. The predicted molar refractivity (Wildman–Crippen MR) is 135 cm³/mol. The monoisotopic (exact) mass is 454 g/mol. The lowest BCUT2D eigenvalue weighted by Gasteiger charge is -2.27. The first-order valence-electron chi connectivity index (χ1n) is 13.9. The van der Waals surface area contributed by atoms with E-state index in [9.17, 15) is 9.59 Å². The van der Waals surface area contributed by atoms with E-state index in [4.69, 9.17) is 9.47 Å². The van der Waals surface area contributed by atoms with Gasteiger partial charge in [-0.15, -0.1) is 0 Å². The Morgan fingerprint density at radius 2 is 0.750 bits per heavy atom. The van der Waals surface area contributed by atoms with Crippen LogP contribution in [0.1, 0.15) is 150 Å². The first-order valence-corrected chi connectivity index (χ1v) is 13.9. The van der Waals surface area contributed by atoms with Gasteiger partial charge in [0.25, 0.3) is 0 Å². The first-order chi connectivity index (χ1) is 15.6. The van der Waals surface area contributed by atoms with Crippen LogP contribution < -0.4 is 0 Å². The third-order valence-electron chi connectivity index (χ3n) is 6.70. The zero-order valence-corrected chi connectivity index (χ0v) is 22.0. The Hall–Kier alpha value is -1.06. The molecule has 0 saturated heterocycles. The SMILES string of the molecule is CCCCCCCCCCCCCOC(=O)C(CC)(CC)C(=O)OCCCCCCCC. The van der Waals surface area contributed by atoms with Gasteiger partial charge < -0.3 is 9.47 Å². The van der Waals surface area contributed by atoms with Crippen LogP contribution in [0.5, 0.6) is 0 Å². The molecule has 0 spiro atoms. The lowest BCUT2D eigenvalue weighted by atomic mass is 9.82. The smallest absolute Gasteiger partial charge is 0.323 e. The fourth-order valence-corrected chi connectivity index (χ4v) is 4.17. The van der Waals surface area contributed by atoms with Crippen LogP contribution in [0.2, 0.25) is 0 Å². The fraction of sp³-hybridized carbons (Fsp3) is 0.929. The number of unbranched alkanes of at least 4 members (excludes halogenated alkanes) is 15. The van der Waals surface area contributed by atoms with Crippen LogP contribution in [-0.4, -0.2) is 25.2 Å². The molecule has 0 saturated carbocycles. The minimum Gasteiger partial charge on any atom is -0.465 e. The van der Waals surface area contributed by atoms with E-state index in [1.807, 2.05) is 13.8 Å². The molecule has 0 N–H and O–H groups in total. The number of hydrogen-bond acceptors (Lipinski definition) is 4. The summed E-state index contributed by atoms with van der Waals surface area (Å²) in [6.45, 7) is 9.01. The van der Waals surface area contributed by atoms with Crippen molar-refractivity contribution in [3.8, 4) is 0 Å². The first kappa shape index (κ1) is 30.9. The zero-order valence-electron chi connectivity index (χ0n) is 22.0. The van der Waals surface area contributed by atoms with E-state index >= 15 is 0 Å². The Balaban J connectivity index is 3.99. The third-order valence-corrected chi connectivity index (χ3v) is 6.70. The van der Waals surface area contributed by atoms with Crippen molar-refractivity contribution in [1.29, 1.82) is 0 Å². The molecule has 0 aromatic heterocycles. The third kappa shape index (κ3) is 14.2. The van der Waals surface area contributed by atoms with Gasteiger partial charge in [0.15, 0.2) is 5.41 Å². The molecule has 0 rings (SSSR count). The average Bonchev–Trinajstić information content (AvgIpc) is 2.80. The van der Waals surface area contributed by atoms with Gasteiger partial charge in [-0.3, -0.25) is 9.59 Å². The van der Waals surface area contributed by atoms with Gasteiger partial charge in [-0.25, -0.2) is 0 Å². The van der Waals surface area contributed by atoms with Crippen LogP contribution in [0.3, 0.4) is 0 Å². The Morgan fingerprint density at radius 3 is 1.03 bits per heavy atom. The topological polar surface area (TPSA) is 52.6 Å². The summed E-state index contributed by atoms with van der Waals surface area (Å²) in [5.41, 5.74) is -1.14. The summed E-state index contributed by atoms with van der Waals surface area (Å²) < 4.78 is 11.0. The van der Waals surface area contributed by atoms with Gasteiger partial charge in [0, 0.05) is 0 Å². The van der Waals surface area contributed by atoms with Crippen LogP contribution in [0.4, 0.5) is 0 Å². The second kappa shape index (κ2) is 21.8. The quantitative estimate of drug-likeness (QED) is 0.0881. The van der Waals surface area contributed by atoms with Crippen molar-refractivity contribution >= 4 is 11.9 Å². The average molecular weight is 455 g/mol. The minimum absolute atomic E-state index is 0.400. The summed E-state index contributed by atoms with van der Waals surface area (Å²) in [5, 5.41) is 0. The molecule has 0 aromatic rings. The molecule has 0 aliphatic carbocycles. The van der Waals surface area contributed by atoms with Gasteiger partial charge in [-0.2, -0.15) is 0 Å². The summed E-state index contributed by atoms with van der Waals surface area (Å²) >= 11 is 0. The summed E-state index contributed by atoms with van der Waals surface area (Å²) in [4.78, 5) is 25.4. The van der Waals surface area contributed by atoms with Crippen LogP contribution in [0.25, 0.3) is 0 Å². The van der Waals surface area contributed by atoms with E-state index in [1.54, 1.807) is 0 Å². The molecule has 0 aliphatic rings. The normalized spacial score (nSPS) is 11.5. The lowest BCUT2D eigenvalue weighted by Crippen LogP contribution is -2.41. The van der Waals surface area contributed by atoms with E-state index in [2.05, 4.69) is 13.8 Å². The van der Waals surface area contributed by atoms with Gasteiger partial charge in [0.1, 0.15) is 0 Å². The van der Waals surface area contributed by atoms with Gasteiger partial charge in [-0.1, -0.05) is 124 Å². The molecular formula is C28H54O4. The molecule has 0 atom stereocenters. The van der Waals surface area contributed by atoms with Crippen molar-refractivity contribution in [3.63, 3.8) is 0 Å². The summed E-state index contributed by atoms with van der Waals surface area (Å²) in [6, 6.07) is 0. The minimum atomic E-state index is -1.14. The Morgan fingerprint density at radius 1 is 0.469 bits per heavy atom. The Bertz CT molecular complexity index is 443.